The van der Waals surface area contributed by atoms with Gasteiger partial charge in [-0.25, -0.2) is 9.37 Å². The van der Waals surface area contributed by atoms with Gasteiger partial charge < -0.3 is 10.1 Å². The van der Waals surface area contributed by atoms with Crippen LogP contribution in [0.15, 0.2) is 42.5 Å². The minimum absolute atomic E-state index is 0.0173. The number of ether oxygens (including phenoxy) is 1. The highest BCUT2D eigenvalue weighted by atomic mass is 35.5. The van der Waals surface area contributed by atoms with Crippen molar-refractivity contribution in [2.75, 3.05) is 11.9 Å². The van der Waals surface area contributed by atoms with Gasteiger partial charge in [-0.3, -0.25) is 9.59 Å². The first kappa shape index (κ1) is 19.3. The predicted molar refractivity (Wildman–Crippen MR) is 104 cm³/mol. The van der Waals surface area contributed by atoms with E-state index in [0.717, 1.165) is 21.3 Å². The van der Waals surface area contributed by atoms with E-state index < -0.39 is 24.3 Å². The second-order valence-electron chi connectivity index (χ2n) is 5.76. The Labute approximate surface area is 164 Å². The van der Waals surface area contributed by atoms with E-state index in [1.807, 2.05) is 24.3 Å². The first-order valence-corrected chi connectivity index (χ1v) is 9.45. The average Bonchev–Trinajstić information content (AvgIpc) is 3.05. The number of rotatable bonds is 7. The lowest BCUT2D eigenvalue weighted by Crippen LogP contribution is -2.21. The fourth-order valence-electron chi connectivity index (χ4n) is 2.41. The first-order chi connectivity index (χ1) is 13.0. The van der Waals surface area contributed by atoms with E-state index in [1.165, 1.54) is 12.1 Å². The molecule has 0 saturated carbocycles. The summed E-state index contributed by atoms with van der Waals surface area (Å²) in [6.07, 6.45) is 1.42. The van der Waals surface area contributed by atoms with Gasteiger partial charge in [-0.15, -0.1) is 11.3 Å². The first-order valence-electron chi connectivity index (χ1n) is 8.26. The Morgan fingerprint density at radius 3 is 2.81 bits per heavy atom. The van der Waals surface area contributed by atoms with Crippen LogP contribution in [0.25, 0.3) is 10.2 Å². The number of carbonyl (C=O) groups excluding carboxylic acids is 2. The van der Waals surface area contributed by atoms with Crippen LogP contribution in [-0.4, -0.2) is 23.5 Å². The van der Waals surface area contributed by atoms with Gasteiger partial charge in [0.1, 0.15) is 5.82 Å². The maximum atomic E-state index is 13.6. The Balaban J connectivity index is 1.39. The van der Waals surface area contributed by atoms with Crippen LogP contribution < -0.4 is 5.32 Å². The molecule has 2 aromatic carbocycles. The van der Waals surface area contributed by atoms with Crippen LogP contribution in [-0.2, 0) is 20.7 Å². The van der Waals surface area contributed by atoms with Gasteiger partial charge in [0.15, 0.2) is 6.61 Å². The lowest BCUT2D eigenvalue weighted by Gasteiger charge is -2.07. The molecule has 0 fully saturated rings. The van der Waals surface area contributed by atoms with E-state index in [4.69, 9.17) is 16.3 Å². The monoisotopic (exact) mass is 406 g/mol. The molecule has 1 N–H and O–H groups in total. The molecule has 0 aliphatic rings. The van der Waals surface area contributed by atoms with Crippen LogP contribution in [0.3, 0.4) is 0 Å². The highest BCUT2D eigenvalue weighted by Gasteiger charge is 2.11. The average molecular weight is 407 g/mol. The van der Waals surface area contributed by atoms with Crippen molar-refractivity contribution in [1.82, 2.24) is 4.98 Å². The Kier molecular flexibility index (Phi) is 6.36. The zero-order chi connectivity index (χ0) is 19.2. The normalized spacial score (nSPS) is 10.7. The van der Waals surface area contributed by atoms with E-state index in [1.54, 1.807) is 11.3 Å². The number of esters is 1. The van der Waals surface area contributed by atoms with Crippen LogP contribution in [0, 0.1) is 5.82 Å². The van der Waals surface area contributed by atoms with Crippen molar-refractivity contribution >= 4 is 50.7 Å². The molecule has 3 rings (SSSR count). The van der Waals surface area contributed by atoms with E-state index in [2.05, 4.69) is 10.3 Å². The van der Waals surface area contributed by atoms with E-state index >= 15 is 0 Å². The topological polar surface area (TPSA) is 68.3 Å². The summed E-state index contributed by atoms with van der Waals surface area (Å²) < 4.78 is 19.6. The Morgan fingerprint density at radius 2 is 2.04 bits per heavy atom. The predicted octanol–water partition coefficient (Wildman–Crippen LogP) is 4.59. The quantitative estimate of drug-likeness (QED) is 0.582. The number of carbonyl (C=O) groups is 2. The van der Waals surface area contributed by atoms with Gasteiger partial charge in [-0.1, -0.05) is 23.7 Å². The maximum Gasteiger partial charge on any atom is 0.306 e. The molecule has 0 bridgehead atoms. The van der Waals surface area contributed by atoms with E-state index in [-0.39, 0.29) is 17.1 Å². The lowest BCUT2D eigenvalue weighted by molar-refractivity contribution is -0.147. The molecule has 0 spiro atoms. The summed E-state index contributed by atoms with van der Waals surface area (Å²) in [6.45, 7) is -0.470. The van der Waals surface area contributed by atoms with Crippen LogP contribution in [0.5, 0.6) is 0 Å². The lowest BCUT2D eigenvalue weighted by atomic mass is 10.2. The number of halogens is 2. The molecule has 3 aromatic rings. The SMILES string of the molecule is O=C(COC(=O)CCCc1nc2ccccc2s1)Nc1ccc(Cl)cc1F. The molecule has 0 atom stereocenters. The minimum atomic E-state index is -0.655. The smallest absolute Gasteiger partial charge is 0.306 e. The maximum absolute atomic E-state index is 13.6. The number of thiazole rings is 1. The van der Waals surface area contributed by atoms with Crippen LogP contribution in [0.1, 0.15) is 17.8 Å². The fourth-order valence-corrected chi connectivity index (χ4v) is 3.57. The van der Waals surface area contributed by atoms with Gasteiger partial charge in [0.2, 0.25) is 0 Å². The van der Waals surface area contributed by atoms with Crippen LogP contribution >= 0.6 is 22.9 Å². The molecular weight excluding hydrogens is 391 g/mol. The molecule has 0 unspecified atom stereocenters. The molecule has 27 heavy (non-hydrogen) atoms. The number of fused-ring (bicyclic) bond motifs is 1. The van der Waals surface area contributed by atoms with E-state index in [9.17, 15) is 14.0 Å². The van der Waals surface area contributed by atoms with Gasteiger partial charge in [0.25, 0.3) is 5.91 Å². The molecule has 140 valence electrons. The Morgan fingerprint density at radius 1 is 1.22 bits per heavy atom. The third-order valence-corrected chi connectivity index (χ3v) is 5.01. The number of anilines is 1. The van der Waals surface area contributed by atoms with Gasteiger partial charge in [-0.05, 0) is 43.2 Å². The number of nitrogens with zero attached hydrogens (tertiary/aromatic N) is 1. The van der Waals surface area contributed by atoms with Crippen molar-refractivity contribution in [3.05, 3.63) is 58.3 Å². The zero-order valence-electron chi connectivity index (χ0n) is 14.2. The number of benzene rings is 2. The largest absolute Gasteiger partial charge is 0.456 e. The molecular formula is C19H16ClFN2O3S. The summed E-state index contributed by atoms with van der Waals surface area (Å²) in [5.74, 6) is -1.75. The highest BCUT2D eigenvalue weighted by Crippen LogP contribution is 2.23. The highest BCUT2D eigenvalue weighted by molar-refractivity contribution is 7.18. The van der Waals surface area contributed by atoms with Crippen molar-refractivity contribution in [2.45, 2.75) is 19.3 Å². The zero-order valence-corrected chi connectivity index (χ0v) is 15.8. The molecule has 1 heterocycles. The van der Waals surface area contributed by atoms with Gasteiger partial charge in [-0.2, -0.15) is 0 Å². The van der Waals surface area contributed by atoms with Gasteiger partial charge in [0.05, 0.1) is 20.9 Å². The van der Waals surface area contributed by atoms with Crippen molar-refractivity contribution in [1.29, 1.82) is 0 Å². The number of hydrogen-bond donors (Lipinski definition) is 1. The number of hydrogen-bond acceptors (Lipinski definition) is 5. The van der Waals surface area contributed by atoms with Crippen molar-refractivity contribution in [3.63, 3.8) is 0 Å². The number of nitrogens with one attached hydrogen (secondary N) is 1. The minimum Gasteiger partial charge on any atom is -0.456 e. The number of aryl methyl sites for hydroxylation is 1. The summed E-state index contributed by atoms with van der Waals surface area (Å²) in [5, 5.41) is 3.52. The molecule has 1 amide bonds. The van der Waals surface area contributed by atoms with Crippen LogP contribution in [0.4, 0.5) is 10.1 Å². The number of para-hydroxylation sites is 1. The summed E-state index contributed by atoms with van der Waals surface area (Å²) in [4.78, 5) is 28.0. The molecule has 0 radical (unpaired) electrons. The second kappa shape index (κ2) is 8.92. The third kappa shape index (κ3) is 5.48. The van der Waals surface area contributed by atoms with E-state index in [0.29, 0.717) is 12.8 Å². The molecule has 8 heteroatoms. The molecule has 0 aliphatic heterocycles. The standard InChI is InChI=1S/C19H16ClFN2O3S/c20-12-8-9-14(13(21)10-12)22-17(24)11-26-19(25)7-3-6-18-23-15-4-1-2-5-16(15)27-18/h1-2,4-5,8-10H,3,6-7,11H2,(H,22,24). The Hall–Kier alpha value is -2.51. The van der Waals surface area contributed by atoms with Crippen molar-refractivity contribution in [3.8, 4) is 0 Å². The third-order valence-electron chi connectivity index (χ3n) is 3.68. The number of amides is 1. The van der Waals surface area contributed by atoms with Crippen molar-refractivity contribution < 1.29 is 18.7 Å². The summed E-state index contributed by atoms with van der Waals surface area (Å²) >= 11 is 7.24. The van der Waals surface area contributed by atoms with Gasteiger partial charge >= 0.3 is 5.97 Å². The molecule has 5 nitrogen and oxygen atoms in total. The second-order valence-corrected chi connectivity index (χ2v) is 7.31. The molecule has 1 aromatic heterocycles. The fraction of sp³-hybridized carbons (Fsp3) is 0.211. The van der Waals surface area contributed by atoms with Gasteiger partial charge in [0, 0.05) is 11.4 Å². The van der Waals surface area contributed by atoms with Crippen LogP contribution in [0.2, 0.25) is 5.02 Å². The number of aromatic nitrogens is 1. The summed E-state index contributed by atoms with van der Waals surface area (Å²) in [7, 11) is 0. The summed E-state index contributed by atoms with van der Waals surface area (Å²) in [6, 6.07) is 11.7. The summed E-state index contributed by atoms with van der Waals surface area (Å²) in [5.41, 5.74) is 0.933. The molecule has 0 aliphatic carbocycles. The molecule has 0 saturated heterocycles. The van der Waals surface area contributed by atoms with Crippen molar-refractivity contribution in [2.24, 2.45) is 0 Å². The Bertz CT molecular complexity index is 943.